The first-order valence-corrected chi connectivity index (χ1v) is 7.61. The van der Waals surface area contributed by atoms with Gasteiger partial charge in [-0.1, -0.05) is 0 Å². The van der Waals surface area contributed by atoms with E-state index in [0.717, 1.165) is 16.8 Å². The number of nitrogens with two attached hydrogens (primary N) is 1. The Balaban J connectivity index is 1.70. The van der Waals surface area contributed by atoms with Crippen molar-refractivity contribution in [1.82, 2.24) is 20.2 Å². The van der Waals surface area contributed by atoms with E-state index in [9.17, 15) is 4.39 Å². The highest BCUT2D eigenvalue weighted by Gasteiger charge is 2.13. The second kappa shape index (κ2) is 5.86. The molecule has 4 aromatic rings. The van der Waals surface area contributed by atoms with Crippen LogP contribution in [0.3, 0.4) is 0 Å². The van der Waals surface area contributed by atoms with Crippen molar-refractivity contribution < 1.29 is 9.13 Å². The maximum absolute atomic E-state index is 13.0. The number of fused-ring (bicyclic) bond motifs is 1. The summed E-state index contributed by atoms with van der Waals surface area (Å²) in [5.41, 5.74) is 9.04. The summed E-state index contributed by atoms with van der Waals surface area (Å²) in [5.74, 6) is 1.33. The van der Waals surface area contributed by atoms with Gasteiger partial charge in [-0.15, -0.1) is 0 Å². The maximum Gasteiger partial charge on any atom is 0.186 e. The molecule has 25 heavy (non-hydrogen) atoms. The lowest BCUT2D eigenvalue weighted by Crippen LogP contribution is -1.93. The number of halogens is 1. The van der Waals surface area contributed by atoms with E-state index >= 15 is 0 Å². The molecular formula is C18H14FN5O. The Bertz CT molecular complexity index is 1060. The molecule has 0 bridgehead atoms. The molecule has 2 aromatic heterocycles. The molecule has 0 aliphatic rings. The third-order valence-electron chi connectivity index (χ3n) is 3.89. The Morgan fingerprint density at radius 1 is 1.08 bits per heavy atom. The summed E-state index contributed by atoms with van der Waals surface area (Å²) < 4.78 is 18.8. The largest absolute Gasteiger partial charge is 0.457 e. The number of H-pyrrole nitrogens is 1. The first-order valence-electron chi connectivity index (χ1n) is 7.61. The predicted molar refractivity (Wildman–Crippen MR) is 92.7 cm³/mol. The van der Waals surface area contributed by atoms with Gasteiger partial charge in [0.05, 0.1) is 11.1 Å². The van der Waals surface area contributed by atoms with Crippen molar-refractivity contribution in [2.24, 2.45) is 0 Å². The fourth-order valence-electron chi connectivity index (χ4n) is 2.64. The van der Waals surface area contributed by atoms with Crippen LogP contribution in [0.2, 0.25) is 0 Å². The number of nitrogens with zero attached hydrogens (tertiary/aromatic N) is 3. The monoisotopic (exact) mass is 335 g/mol. The Morgan fingerprint density at radius 3 is 2.64 bits per heavy atom. The Hall–Kier alpha value is -3.48. The van der Waals surface area contributed by atoms with E-state index in [4.69, 9.17) is 10.5 Å². The number of anilines is 1. The number of benzene rings is 2. The van der Waals surface area contributed by atoms with Gasteiger partial charge < -0.3 is 10.5 Å². The van der Waals surface area contributed by atoms with E-state index < -0.39 is 0 Å². The lowest BCUT2D eigenvalue weighted by atomic mass is 10.1. The van der Waals surface area contributed by atoms with Crippen LogP contribution in [0, 0.1) is 12.7 Å². The van der Waals surface area contributed by atoms with Crippen molar-refractivity contribution in [1.29, 1.82) is 0 Å². The van der Waals surface area contributed by atoms with Crippen molar-refractivity contribution in [2.45, 2.75) is 6.92 Å². The molecule has 0 saturated carbocycles. The van der Waals surface area contributed by atoms with Crippen LogP contribution in [0.4, 0.5) is 10.2 Å². The number of nitrogen functional groups attached to an aromatic ring is 1. The molecule has 3 N–H and O–H groups in total. The molecule has 0 aliphatic carbocycles. The first kappa shape index (κ1) is 15.1. The van der Waals surface area contributed by atoms with Gasteiger partial charge in [0.25, 0.3) is 0 Å². The average Bonchev–Trinajstić information content (AvgIpc) is 3.04. The molecule has 4 rings (SSSR count). The fourth-order valence-corrected chi connectivity index (χ4v) is 2.64. The third kappa shape index (κ3) is 2.76. The van der Waals surface area contributed by atoms with Crippen LogP contribution < -0.4 is 10.5 Å². The van der Waals surface area contributed by atoms with Crippen LogP contribution in [0.1, 0.15) is 5.56 Å². The van der Waals surface area contributed by atoms with Crippen molar-refractivity contribution in [2.75, 3.05) is 5.73 Å². The zero-order valence-corrected chi connectivity index (χ0v) is 13.3. The van der Waals surface area contributed by atoms with Gasteiger partial charge in [0.15, 0.2) is 5.65 Å². The van der Waals surface area contributed by atoms with Crippen LogP contribution in [0.5, 0.6) is 11.5 Å². The van der Waals surface area contributed by atoms with Gasteiger partial charge in [0.1, 0.15) is 29.5 Å². The van der Waals surface area contributed by atoms with Crippen LogP contribution >= 0.6 is 0 Å². The summed E-state index contributed by atoms with van der Waals surface area (Å²) >= 11 is 0. The van der Waals surface area contributed by atoms with Crippen molar-refractivity contribution in [3.8, 4) is 22.8 Å². The number of hydrogen-bond donors (Lipinski definition) is 2. The quantitative estimate of drug-likeness (QED) is 0.594. The van der Waals surface area contributed by atoms with Crippen molar-refractivity contribution in [3.63, 3.8) is 0 Å². The number of nitrogens with one attached hydrogen (secondary N) is 1. The van der Waals surface area contributed by atoms with Gasteiger partial charge in [-0.05, 0) is 55.0 Å². The molecule has 0 spiro atoms. The van der Waals surface area contributed by atoms with Crippen LogP contribution in [0.15, 0.2) is 48.8 Å². The Kier molecular flexibility index (Phi) is 3.53. The molecule has 0 atom stereocenters. The number of ether oxygens (including phenoxy) is 1. The van der Waals surface area contributed by atoms with Crippen molar-refractivity contribution in [3.05, 3.63) is 60.2 Å². The molecule has 0 fully saturated rings. The number of hydrogen-bond acceptors (Lipinski definition) is 5. The molecule has 0 aliphatic heterocycles. The topological polar surface area (TPSA) is 89.7 Å². The van der Waals surface area contributed by atoms with E-state index in [1.807, 2.05) is 25.1 Å². The van der Waals surface area contributed by atoms with Gasteiger partial charge in [-0.2, -0.15) is 5.10 Å². The molecule has 124 valence electrons. The average molecular weight is 335 g/mol. The molecule has 2 aromatic carbocycles. The second-order valence-electron chi connectivity index (χ2n) is 5.59. The minimum atomic E-state index is -0.301. The van der Waals surface area contributed by atoms with Gasteiger partial charge >= 0.3 is 0 Å². The summed E-state index contributed by atoms with van der Waals surface area (Å²) in [7, 11) is 0. The highest BCUT2D eigenvalue weighted by molar-refractivity contribution is 5.97. The number of rotatable bonds is 3. The summed E-state index contributed by atoms with van der Waals surface area (Å²) in [6, 6.07) is 11.6. The first-order chi connectivity index (χ1) is 12.1. The Labute approximate surface area is 142 Å². The molecule has 0 unspecified atom stereocenters. The highest BCUT2D eigenvalue weighted by Crippen LogP contribution is 2.32. The van der Waals surface area contributed by atoms with E-state index in [0.29, 0.717) is 28.4 Å². The number of aromatic nitrogens is 4. The molecule has 0 amide bonds. The summed E-state index contributed by atoms with van der Waals surface area (Å²) in [6.45, 7) is 1.93. The van der Waals surface area contributed by atoms with E-state index in [1.165, 1.54) is 18.5 Å². The molecule has 7 heteroatoms. The minimum Gasteiger partial charge on any atom is -0.457 e. The zero-order valence-electron chi connectivity index (χ0n) is 13.3. The molecule has 2 heterocycles. The third-order valence-corrected chi connectivity index (χ3v) is 3.89. The van der Waals surface area contributed by atoms with Gasteiger partial charge in [-0.3, -0.25) is 5.10 Å². The van der Waals surface area contributed by atoms with Crippen LogP contribution in [0.25, 0.3) is 22.3 Å². The molecule has 6 nitrogen and oxygen atoms in total. The van der Waals surface area contributed by atoms with E-state index in [-0.39, 0.29) is 5.82 Å². The van der Waals surface area contributed by atoms with Gasteiger partial charge in [0, 0.05) is 5.56 Å². The predicted octanol–water partition coefficient (Wildman–Crippen LogP) is 3.84. The van der Waals surface area contributed by atoms with Crippen molar-refractivity contribution >= 4 is 16.9 Å². The molecular weight excluding hydrogens is 321 g/mol. The zero-order chi connectivity index (χ0) is 17.4. The van der Waals surface area contributed by atoms with Crippen LogP contribution in [-0.4, -0.2) is 20.2 Å². The maximum atomic E-state index is 13.0. The fraction of sp³-hybridized carbons (Fsp3) is 0.0556. The number of aryl methyl sites for hydroxylation is 1. The van der Waals surface area contributed by atoms with E-state index in [2.05, 4.69) is 20.2 Å². The minimum absolute atomic E-state index is 0.301. The summed E-state index contributed by atoms with van der Waals surface area (Å²) in [6.07, 6.45) is 1.38. The standard InChI is InChI=1S/C18H14FN5O/c1-10-8-11(16-15-17(20)21-9-22-18(15)24-23-16)2-7-14(10)25-13-5-3-12(19)4-6-13/h2-9H,1H3,(H3,20,21,22,23,24). The molecule has 0 radical (unpaired) electrons. The normalized spacial score (nSPS) is 11.0. The lowest BCUT2D eigenvalue weighted by Gasteiger charge is -2.10. The number of aromatic amines is 1. The molecule has 0 saturated heterocycles. The van der Waals surface area contributed by atoms with Crippen LogP contribution in [-0.2, 0) is 0 Å². The highest BCUT2D eigenvalue weighted by atomic mass is 19.1. The summed E-state index contributed by atoms with van der Waals surface area (Å²) in [5, 5.41) is 7.81. The van der Waals surface area contributed by atoms with Gasteiger partial charge in [-0.25, -0.2) is 14.4 Å². The lowest BCUT2D eigenvalue weighted by molar-refractivity contribution is 0.477. The smallest absolute Gasteiger partial charge is 0.186 e. The SMILES string of the molecule is Cc1cc(-c2[nH]nc3ncnc(N)c23)ccc1Oc1ccc(F)cc1. The van der Waals surface area contributed by atoms with E-state index in [1.54, 1.807) is 12.1 Å². The second-order valence-corrected chi connectivity index (χ2v) is 5.59. The summed E-state index contributed by atoms with van der Waals surface area (Å²) in [4.78, 5) is 8.12. The van der Waals surface area contributed by atoms with Gasteiger partial charge in [0.2, 0.25) is 0 Å². The Morgan fingerprint density at radius 2 is 1.88 bits per heavy atom.